The maximum Gasteiger partial charge on any atom is 0.327 e. The Kier molecular flexibility index (Phi) is 8.47. The minimum atomic E-state index is -3.66. The molecular formula is C14H21ClN4O5S2. The van der Waals surface area contributed by atoms with Gasteiger partial charge in [0.1, 0.15) is 4.21 Å². The average Bonchev–Trinajstić information content (AvgIpc) is 2.93. The number of aliphatic carboxylic acids is 1. The molecule has 0 aliphatic heterocycles. The van der Waals surface area contributed by atoms with Crippen LogP contribution in [0.15, 0.2) is 20.0 Å². The number of nitrogens with two attached hydrogens (primary N) is 1. The van der Waals surface area contributed by atoms with E-state index >= 15 is 0 Å². The predicted molar refractivity (Wildman–Crippen MR) is 99.4 cm³/mol. The smallest absolute Gasteiger partial charge is 0.327 e. The summed E-state index contributed by atoms with van der Waals surface area (Å²) in [5, 5.41) is 12.6. The topological polar surface area (TPSA) is 151 Å². The molecule has 0 saturated carbocycles. The zero-order valence-corrected chi connectivity index (χ0v) is 16.6. The molecule has 0 spiro atoms. The average molecular weight is 425 g/mol. The first kappa shape index (κ1) is 22.4. The Morgan fingerprint density at radius 2 is 2.08 bits per heavy atom. The summed E-state index contributed by atoms with van der Waals surface area (Å²) in [5.74, 6) is -1.78. The molecule has 0 aromatic carbocycles. The number of carbonyl (C=O) groups is 3. The fourth-order valence-corrected chi connectivity index (χ4v) is 4.81. The number of amides is 3. The van der Waals surface area contributed by atoms with Crippen LogP contribution in [0, 0.1) is 5.92 Å². The fourth-order valence-electron chi connectivity index (χ4n) is 1.81. The van der Waals surface area contributed by atoms with Crippen LogP contribution in [-0.2, 0) is 19.5 Å². The summed E-state index contributed by atoms with van der Waals surface area (Å²) >= 11 is 6.79. The van der Waals surface area contributed by atoms with Crippen molar-refractivity contribution in [3.8, 4) is 0 Å². The van der Waals surface area contributed by atoms with Crippen LogP contribution in [0.25, 0.3) is 0 Å². The number of carbonyl (C=O) groups excluding carboxylic acids is 2. The van der Waals surface area contributed by atoms with E-state index in [-0.39, 0.29) is 28.1 Å². The molecule has 0 radical (unpaired) electrons. The first-order chi connectivity index (χ1) is 12.0. The summed E-state index contributed by atoms with van der Waals surface area (Å²) in [7, 11) is -3.66. The molecule has 1 rings (SSSR count). The Morgan fingerprint density at radius 1 is 1.42 bits per heavy atom. The van der Waals surface area contributed by atoms with E-state index in [1.807, 2.05) is 13.8 Å². The van der Waals surface area contributed by atoms with E-state index in [9.17, 15) is 18.6 Å². The number of carboxylic acids is 1. The van der Waals surface area contributed by atoms with Gasteiger partial charge in [-0.3, -0.25) is 9.59 Å². The summed E-state index contributed by atoms with van der Waals surface area (Å²) in [5.41, 5.74) is 5.77. The van der Waals surface area contributed by atoms with Crippen molar-refractivity contribution < 1.29 is 23.7 Å². The Morgan fingerprint density at radius 3 is 2.58 bits per heavy atom. The molecule has 5 N–H and O–H groups in total. The molecule has 0 aliphatic rings. The second-order valence-electron chi connectivity index (χ2n) is 5.78. The van der Waals surface area contributed by atoms with Gasteiger partial charge in [-0.2, -0.15) is 0 Å². The lowest BCUT2D eigenvalue weighted by atomic mass is 10.0. The zero-order valence-electron chi connectivity index (χ0n) is 14.2. The van der Waals surface area contributed by atoms with Crippen molar-refractivity contribution in [3.05, 3.63) is 16.5 Å². The van der Waals surface area contributed by atoms with Crippen molar-refractivity contribution in [2.75, 3.05) is 6.54 Å². The number of rotatable bonds is 8. The molecule has 1 heterocycles. The SMILES string of the molecule is CC(C)CC(N)C(=O)N=S(=O)(NC(=O)NCCC(=O)O)c1cc(Cl)cs1. The molecule has 12 heteroatoms. The highest BCUT2D eigenvalue weighted by atomic mass is 35.5. The number of thiophene rings is 1. The maximum atomic E-state index is 13.1. The molecule has 0 fully saturated rings. The van der Waals surface area contributed by atoms with Gasteiger partial charge in [0, 0.05) is 11.9 Å². The summed E-state index contributed by atoms with van der Waals surface area (Å²) < 4.78 is 19.0. The largest absolute Gasteiger partial charge is 0.481 e. The first-order valence-corrected chi connectivity index (χ1v) is 10.4. The Hall–Kier alpha value is -1.69. The van der Waals surface area contributed by atoms with Crippen LogP contribution < -0.4 is 15.8 Å². The van der Waals surface area contributed by atoms with Crippen molar-refractivity contribution in [1.29, 1.82) is 0 Å². The van der Waals surface area contributed by atoms with Gasteiger partial charge < -0.3 is 16.2 Å². The van der Waals surface area contributed by atoms with Crippen LogP contribution in [0.5, 0.6) is 0 Å². The van der Waals surface area contributed by atoms with E-state index in [2.05, 4.69) is 14.4 Å². The summed E-state index contributed by atoms with van der Waals surface area (Å²) in [6, 6.07) is -0.547. The number of hydrogen-bond acceptors (Lipinski definition) is 6. The Balaban J connectivity index is 3.06. The lowest BCUT2D eigenvalue weighted by molar-refractivity contribution is -0.136. The highest BCUT2D eigenvalue weighted by molar-refractivity contribution is 7.94. The molecule has 9 nitrogen and oxygen atoms in total. The second kappa shape index (κ2) is 9.86. The maximum absolute atomic E-state index is 13.1. The van der Waals surface area contributed by atoms with Gasteiger partial charge in [-0.05, 0) is 18.4 Å². The normalized spacial score (nSPS) is 14.3. The third-order valence-electron chi connectivity index (χ3n) is 2.93. The molecule has 1 aromatic heterocycles. The highest BCUT2D eigenvalue weighted by Gasteiger charge is 2.23. The van der Waals surface area contributed by atoms with Gasteiger partial charge >= 0.3 is 12.0 Å². The van der Waals surface area contributed by atoms with Crippen LogP contribution in [0.4, 0.5) is 4.79 Å². The van der Waals surface area contributed by atoms with Gasteiger partial charge in [0.25, 0.3) is 5.91 Å². The minimum absolute atomic E-state index is 0.0842. The first-order valence-electron chi connectivity index (χ1n) is 7.61. The van der Waals surface area contributed by atoms with E-state index in [1.165, 1.54) is 11.4 Å². The summed E-state index contributed by atoms with van der Waals surface area (Å²) in [6.45, 7) is 3.57. The lowest BCUT2D eigenvalue weighted by Gasteiger charge is -2.13. The van der Waals surface area contributed by atoms with Gasteiger partial charge in [-0.1, -0.05) is 25.4 Å². The highest BCUT2D eigenvalue weighted by Crippen LogP contribution is 2.25. The van der Waals surface area contributed by atoms with Crippen LogP contribution in [0.3, 0.4) is 0 Å². The molecular weight excluding hydrogens is 404 g/mol. The van der Waals surface area contributed by atoms with Crippen molar-refractivity contribution in [1.82, 2.24) is 10.0 Å². The summed E-state index contributed by atoms with van der Waals surface area (Å²) in [6.07, 6.45) is 0.0304. The zero-order chi connectivity index (χ0) is 19.9. The Bertz CT molecular complexity index is 786. The number of nitrogens with one attached hydrogen (secondary N) is 2. The van der Waals surface area contributed by atoms with Crippen molar-refractivity contribution in [2.45, 2.75) is 36.9 Å². The summed E-state index contributed by atoms with van der Waals surface area (Å²) in [4.78, 5) is 34.6. The van der Waals surface area contributed by atoms with Crippen LogP contribution in [-0.4, -0.2) is 39.8 Å². The fraction of sp³-hybridized carbons (Fsp3) is 0.500. The molecule has 3 amide bonds. The molecule has 0 aliphatic carbocycles. The van der Waals surface area contributed by atoms with E-state index in [4.69, 9.17) is 22.4 Å². The van der Waals surface area contributed by atoms with E-state index < -0.39 is 33.9 Å². The van der Waals surface area contributed by atoms with E-state index in [0.29, 0.717) is 6.42 Å². The number of hydrogen-bond donors (Lipinski definition) is 4. The number of nitrogens with zero attached hydrogens (tertiary/aromatic N) is 1. The quantitative estimate of drug-likeness (QED) is 0.499. The lowest BCUT2D eigenvalue weighted by Crippen LogP contribution is -2.41. The van der Waals surface area contributed by atoms with Crippen molar-refractivity contribution in [2.24, 2.45) is 16.0 Å². The minimum Gasteiger partial charge on any atom is -0.481 e. The molecule has 146 valence electrons. The third-order valence-corrected chi connectivity index (χ3v) is 6.53. The monoisotopic (exact) mass is 424 g/mol. The number of halogens is 1. The van der Waals surface area contributed by atoms with Gasteiger partial charge in [0.2, 0.25) is 0 Å². The number of carboxylic acid groups (broad SMARTS) is 1. The molecule has 2 atom stereocenters. The molecule has 0 saturated heterocycles. The molecule has 0 bridgehead atoms. The van der Waals surface area contributed by atoms with E-state index in [0.717, 1.165) is 11.3 Å². The van der Waals surface area contributed by atoms with Gasteiger partial charge in [0.15, 0.2) is 9.92 Å². The van der Waals surface area contributed by atoms with Crippen LogP contribution in [0.1, 0.15) is 26.7 Å². The van der Waals surface area contributed by atoms with Crippen molar-refractivity contribution >= 4 is 50.8 Å². The molecule has 2 unspecified atom stereocenters. The van der Waals surface area contributed by atoms with Crippen LogP contribution in [0.2, 0.25) is 5.02 Å². The second-order valence-corrected chi connectivity index (χ2v) is 9.26. The van der Waals surface area contributed by atoms with Gasteiger partial charge in [-0.15, -0.1) is 15.7 Å². The Labute approximate surface area is 160 Å². The van der Waals surface area contributed by atoms with Gasteiger partial charge in [-0.25, -0.2) is 13.7 Å². The van der Waals surface area contributed by atoms with Crippen molar-refractivity contribution in [3.63, 3.8) is 0 Å². The molecule has 26 heavy (non-hydrogen) atoms. The predicted octanol–water partition coefficient (Wildman–Crippen LogP) is 1.82. The number of urea groups is 1. The van der Waals surface area contributed by atoms with E-state index in [1.54, 1.807) is 0 Å². The van der Waals surface area contributed by atoms with Crippen LogP contribution >= 0.6 is 22.9 Å². The third kappa shape index (κ3) is 7.28. The standard InChI is InChI=1S/C14H21ClN4O5S2/c1-8(2)5-10(16)13(22)18-26(24,12-6-9(15)7-25-12)19-14(23)17-4-3-11(20)21/h6-8,10H,3-5,16H2,1-2H3,(H,20,21)(H2,17,18,19,22,23,24). The molecule has 1 aromatic rings. The van der Waals surface area contributed by atoms with Gasteiger partial charge in [0.05, 0.1) is 17.5 Å².